The lowest BCUT2D eigenvalue weighted by Gasteiger charge is -2.39. The molecular weight excluding hydrogens is 441 g/mol. The zero-order valence-electron chi connectivity index (χ0n) is 18.8. The van der Waals surface area contributed by atoms with Gasteiger partial charge in [-0.2, -0.15) is 17.0 Å². The van der Waals surface area contributed by atoms with Crippen LogP contribution in [-0.2, 0) is 4.79 Å². The molecule has 0 radical (unpaired) electrons. The number of nitrogens with zero attached hydrogens (tertiary/aromatic N) is 3. The molecule has 32 heavy (non-hydrogen) atoms. The van der Waals surface area contributed by atoms with Gasteiger partial charge in [-0.3, -0.25) is 4.79 Å². The van der Waals surface area contributed by atoms with Crippen molar-refractivity contribution in [3.05, 3.63) is 48.0 Å². The fourth-order valence-electron chi connectivity index (χ4n) is 3.72. The van der Waals surface area contributed by atoms with E-state index in [1.807, 2.05) is 55.4 Å². The van der Waals surface area contributed by atoms with Crippen LogP contribution in [0.3, 0.4) is 0 Å². The maximum absolute atomic E-state index is 12.7. The van der Waals surface area contributed by atoms with E-state index in [1.165, 1.54) is 0 Å². The first-order chi connectivity index (χ1) is 15.4. The van der Waals surface area contributed by atoms with Crippen molar-refractivity contribution in [2.75, 3.05) is 46.3 Å². The van der Waals surface area contributed by atoms with E-state index in [2.05, 4.69) is 20.2 Å². The molecule has 6 nitrogen and oxygen atoms in total. The van der Waals surface area contributed by atoms with Crippen LogP contribution < -0.4 is 9.47 Å². The second-order valence-electron chi connectivity index (χ2n) is 8.02. The van der Waals surface area contributed by atoms with Crippen molar-refractivity contribution in [2.24, 2.45) is 0 Å². The third-order valence-corrected chi connectivity index (χ3v) is 6.82. The smallest absolute Gasteiger partial charge is 0.223 e. The molecule has 1 saturated heterocycles. The maximum Gasteiger partial charge on any atom is 0.223 e. The Bertz CT molecular complexity index is 973. The molecule has 0 saturated carbocycles. The van der Waals surface area contributed by atoms with Crippen molar-refractivity contribution < 1.29 is 14.3 Å². The average molecular weight is 472 g/mol. The van der Waals surface area contributed by atoms with E-state index in [9.17, 15) is 10.1 Å². The van der Waals surface area contributed by atoms with E-state index in [0.29, 0.717) is 30.8 Å². The van der Waals surface area contributed by atoms with Gasteiger partial charge in [0.25, 0.3) is 0 Å². The highest BCUT2D eigenvalue weighted by atomic mass is 32.2. The van der Waals surface area contributed by atoms with E-state index < -0.39 is 0 Å². The summed E-state index contributed by atoms with van der Waals surface area (Å²) in [5.41, 5.74) is 3.21. The molecule has 1 aliphatic heterocycles. The first-order valence-corrected chi connectivity index (χ1v) is 12.4. The van der Waals surface area contributed by atoms with Gasteiger partial charge in [-0.1, -0.05) is 18.2 Å². The number of nitriles is 1. The van der Waals surface area contributed by atoms with E-state index in [4.69, 9.17) is 9.47 Å². The Morgan fingerprint density at radius 3 is 2.72 bits per heavy atom. The number of thioether (sulfide) groups is 1. The van der Waals surface area contributed by atoms with Gasteiger partial charge in [0.2, 0.25) is 5.91 Å². The van der Waals surface area contributed by atoms with Crippen molar-refractivity contribution in [3.63, 3.8) is 0 Å². The summed E-state index contributed by atoms with van der Waals surface area (Å²) >= 11 is 1.80. The second-order valence-corrected chi connectivity index (χ2v) is 10.4. The number of ether oxygens (including phenoxy) is 2. The van der Waals surface area contributed by atoms with Gasteiger partial charge in [-0.05, 0) is 43.9 Å². The Morgan fingerprint density at radius 1 is 1.31 bits per heavy atom. The second kappa shape index (κ2) is 11.6. The molecule has 1 amide bonds. The predicted molar refractivity (Wildman–Crippen MR) is 133 cm³/mol. The molecule has 8 heteroatoms. The number of hydrogen-bond donors (Lipinski definition) is 0. The molecule has 0 spiro atoms. The molecule has 2 unspecified atom stereocenters. The topological polar surface area (TPSA) is 65.8 Å². The molecule has 0 aromatic heterocycles. The predicted octanol–water partition coefficient (Wildman–Crippen LogP) is 3.71. The molecule has 1 heterocycles. The lowest BCUT2D eigenvalue weighted by atomic mass is 10.0. The summed E-state index contributed by atoms with van der Waals surface area (Å²) in [7, 11) is 8.41. The highest BCUT2D eigenvalue weighted by molar-refractivity contribution is 8.02. The van der Waals surface area contributed by atoms with Crippen LogP contribution in [0.5, 0.6) is 11.5 Å². The zero-order chi connectivity index (χ0) is 23.1. The molecule has 0 bridgehead atoms. The number of likely N-dealkylation sites (tertiary alicyclic amines) is 1. The molecule has 2 aromatic carbocycles. The molecule has 1 fully saturated rings. The SMILES string of the molecule is COc1ccccc1-c1cc(C#N)cc(OC2CN(C(=O)CC(CN(C)C)SCP)C2)c1. The number of carbonyl (C=O) groups excluding carboxylic acids is 1. The molecule has 0 N–H and O–H groups in total. The van der Waals surface area contributed by atoms with E-state index in [1.54, 1.807) is 24.9 Å². The van der Waals surface area contributed by atoms with Crippen LogP contribution in [0, 0.1) is 11.3 Å². The minimum atomic E-state index is -0.0694. The van der Waals surface area contributed by atoms with Gasteiger partial charge in [-0.15, -0.1) is 9.24 Å². The molecule has 3 rings (SSSR count). The largest absolute Gasteiger partial charge is 0.496 e. The first-order valence-electron chi connectivity index (χ1n) is 10.5. The van der Waals surface area contributed by atoms with Crippen LogP contribution in [-0.4, -0.2) is 73.4 Å². The summed E-state index contributed by atoms with van der Waals surface area (Å²) in [4.78, 5) is 16.6. The first kappa shape index (κ1) is 24.4. The summed E-state index contributed by atoms with van der Waals surface area (Å²) < 4.78 is 11.6. The molecular formula is C24H30N3O3PS. The third-order valence-electron chi connectivity index (χ3n) is 5.26. The van der Waals surface area contributed by atoms with Crippen LogP contribution >= 0.6 is 21.0 Å². The van der Waals surface area contributed by atoms with Gasteiger partial charge in [0.05, 0.1) is 31.8 Å². The van der Waals surface area contributed by atoms with Crippen LogP contribution in [0.2, 0.25) is 0 Å². The highest BCUT2D eigenvalue weighted by Crippen LogP contribution is 2.33. The lowest BCUT2D eigenvalue weighted by Crippen LogP contribution is -2.56. The zero-order valence-corrected chi connectivity index (χ0v) is 20.8. The van der Waals surface area contributed by atoms with Crippen LogP contribution in [0.15, 0.2) is 42.5 Å². The molecule has 2 aromatic rings. The minimum absolute atomic E-state index is 0.0694. The van der Waals surface area contributed by atoms with Crippen molar-refractivity contribution in [1.82, 2.24) is 9.80 Å². The number of methoxy groups -OCH3 is 1. The third kappa shape index (κ3) is 6.38. The lowest BCUT2D eigenvalue weighted by molar-refractivity contribution is -0.140. The van der Waals surface area contributed by atoms with Gasteiger partial charge < -0.3 is 19.3 Å². The number of benzene rings is 2. The molecule has 2 atom stereocenters. The Hall–Kier alpha value is -2.26. The van der Waals surface area contributed by atoms with Gasteiger partial charge >= 0.3 is 0 Å². The fourth-order valence-corrected chi connectivity index (χ4v) is 5.48. The molecule has 0 aliphatic carbocycles. The normalized spacial score (nSPS) is 14.6. The number of amides is 1. The average Bonchev–Trinajstić information content (AvgIpc) is 2.75. The van der Waals surface area contributed by atoms with E-state index in [-0.39, 0.29) is 17.3 Å². The van der Waals surface area contributed by atoms with Crippen molar-refractivity contribution >= 4 is 26.9 Å². The summed E-state index contributed by atoms with van der Waals surface area (Å²) in [6.45, 7) is 2.02. The van der Waals surface area contributed by atoms with Crippen LogP contribution in [0.25, 0.3) is 11.1 Å². The van der Waals surface area contributed by atoms with E-state index in [0.717, 1.165) is 28.9 Å². The van der Waals surface area contributed by atoms with Gasteiger partial charge in [-0.25, -0.2) is 0 Å². The van der Waals surface area contributed by atoms with Gasteiger partial charge in [0, 0.05) is 29.3 Å². The maximum atomic E-state index is 12.7. The number of carbonyl (C=O) groups is 1. The summed E-state index contributed by atoms with van der Waals surface area (Å²) in [6.07, 6.45) is 0.464. The highest BCUT2D eigenvalue weighted by Gasteiger charge is 2.33. The molecule has 170 valence electrons. The number of para-hydroxylation sites is 1. The minimum Gasteiger partial charge on any atom is -0.496 e. The summed E-state index contributed by atoms with van der Waals surface area (Å²) in [5.74, 6) is 1.54. The standard InChI is InChI=1S/C24H30N3O3PS/c1-26(2)15-21(32-16-31)11-24(28)27-13-20(14-27)30-19-9-17(12-25)8-18(10-19)22-6-4-5-7-23(22)29-3/h4-10,20-21H,11,13-16,31H2,1-3H3. The van der Waals surface area contributed by atoms with Crippen LogP contribution in [0.4, 0.5) is 0 Å². The summed E-state index contributed by atoms with van der Waals surface area (Å²) in [6, 6.07) is 15.4. The van der Waals surface area contributed by atoms with E-state index >= 15 is 0 Å². The Kier molecular flexibility index (Phi) is 8.81. The van der Waals surface area contributed by atoms with Crippen molar-refractivity contribution in [2.45, 2.75) is 17.8 Å². The Morgan fingerprint density at radius 2 is 2.06 bits per heavy atom. The molecule has 1 aliphatic rings. The van der Waals surface area contributed by atoms with Crippen molar-refractivity contribution in [1.29, 1.82) is 5.26 Å². The number of hydrogen-bond acceptors (Lipinski definition) is 6. The number of rotatable bonds is 10. The quantitative estimate of drug-likeness (QED) is 0.492. The van der Waals surface area contributed by atoms with Gasteiger partial charge in [0.15, 0.2) is 0 Å². The van der Waals surface area contributed by atoms with Gasteiger partial charge in [0.1, 0.15) is 17.6 Å². The summed E-state index contributed by atoms with van der Waals surface area (Å²) in [5, 5.41) is 9.76. The Balaban J connectivity index is 1.63. The van der Waals surface area contributed by atoms with Crippen molar-refractivity contribution in [3.8, 4) is 28.7 Å². The monoisotopic (exact) mass is 471 g/mol. The Labute approximate surface area is 197 Å². The van der Waals surface area contributed by atoms with Crippen LogP contribution in [0.1, 0.15) is 12.0 Å². The fraction of sp³-hybridized carbons (Fsp3) is 0.417.